The fourth-order valence-corrected chi connectivity index (χ4v) is 1.72. The van der Waals surface area contributed by atoms with Crippen molar-refractivity contribution in [2.24, 2.45) is 5.84 Å². The minimum atomic E-state index is 0.539. The van der Waals surface area contributed by atoms with Crippen molar-refractivity contribution < 1.29 is 4.74 Å². The van der Waals surface area contributed by atoms with E-state index in [1.54, 1.807) is 0 Å². The third-order valence-corrected chi connectivity index (χ3v) is 2.72. The number of nitrogens with zero attached hydrogens (tertiary/aromatic N) is 2. The van der Waals surface area contributed by atoms with E-state index in [-0.39, 0.29) is 0 Å². The average molecular weight is 258 g/mol. The second-order valence-corrected chi connectivity index (χ2v) is 4.23. The normalized spacial score (nSPS) is 10.3. The molecule has 0 bridgehead atoms. The highest BCUT2D eigenvalue weighted by molar-refractivity contribution is 5.48. The number of hydrogen-bond donors (Lipinski definition) is 2. The van der Waals surface area contributed by atoms with Crippen molar-refractivity contribution >= 4 is 5.82 Å². The van der Waals surface area contributed by atoms with E-state index in [1.807, 2.05) is 37.3 Å². The van der Waals surface area contributed by atoms with Gasteiger partial charge < -0.3 is 10.2 Å². The fraction of sp³-hybridized carbons (Fsp3) is 0.286. The van der Waals surface area contributed by atoms with Gasteiger partial charge in [-0.1, -0.05) is 25.1 Å². The van der Waals surface area contributed by atoms with Crippen molar-refractivity contribution in [3.8, 4) is 11.6 Å². The zero-order valence-electron chi connectivity index (χ0n) is 11.2. The Morgan fingerprint density at radius 3 is 2.58 bits per heavy atom. The van der Waals surface area contributed by atoms with Crippen LogP contribution in [0.4, 0.5) is 5.82 Å². The molecule has 0 fully saturated rings. The largest absolute Gasteiger partial charge is 0.439 e. The van der Waals surface area contributed by atoms with Crippen LogP contribution in [0.1, 0.15) is 24.7 Å². The number of nitrogen functional groups attached to an aromatic ring is 1. The summed E-state index contributed by atoms with van der Waals surface area (Å²) >= 11 is 0. The van der Waals surface area contributed by atoms with E-state index in [0.717, 1.165) is 30.0 Å². The molecule has 1 aromatic carbocycles. The molecule has 0 aliphatic heterocycles. The molecule has 0 atom stereocenters. The van der Waals surface area contributed by atoms with Gasteiger partial charge in [-0.05, 0) is 25.5 Å². The average Bonchev–Trinajstić information content (AvgIpc) is 2.43. The van der Waals surface area contributed by atoms with Crippen LogP contribution in [0.15, 0.2) is 30.3 Å². The monoisotopic (exact) mass is 258 g/mol. The molecule has 0 aliphatic carbocycles. The van der Waals surface area contributed by atoms with Gasteiger partial charge in [0.05, 0.1) is 5.56 Å². The van der Waals surface area contributed by atoms with Crippen LogP contribution < -0.4 is 16.0 Å². The lowest BCUT2D eigenvalue weighted by molar-refractivity contribution is 0.454. The molecule has 5 heteroatoms. The Labute approximate surface area is 112 Å². The number of anilines is 1. The van der Waals surface area contributed by atoms with E-state index >= 15 is 0 Å². The van der Waals surface area contributed by atoms with Crippen LogP contribution in [0.25, 0.3) is 0 Å². The van der Waals surface area contributed by atoms with E-state index in [0.29, 0.717) is 11.7 Å². The van der Waals surface area contributed by atoms with E-state index in [2.05, 4.69) is 22.3 Å². The molecule has 100 valence electrons. The molecule has 0 saturated heterocycles. The molecule has 3 N–H and O–H groups in total. The number of nitrogens with two attached hydrogens (primary N) is 1. The van der Waals surface area contributed by atoms with Crippen molar-refractivity contribution in [3.05, 3.63) is 41.7 Å². The summed E-state index contributed by atoms with van der Waals surface area (Å²) < 4.78 is 5.79. The quantitative estimate of drug-likeness (QED) is 0.637. The third kappa shape index (κ3) is 3.20. The Morgan fingerprint density at radius 2 is 1.95 bits per heavy atom. The van der Waals surface area contributed by atoms with Gasteiger partial charge in [-0.15, -0.1) is 0 Å². The van der Waals surface area contributed by atoms with Crippen LogP contribution in [0.2, 0.25) is 0 Å². The molecule has 0 amide bonds. The summed E-state index contributed by atoms with van der Waals surface area (Å²) in [5, 5.41) is 0. The molecular weight excluding hydrogens is 240 g/mol. The molecule has 1 aromatic heterocycles. The first-order valence-electron chi connectivity index (χ1n) is 6.31. The number of para-hydroxylation sites is 1. The number of hydrazine groups is 1. The van der Waals surface area contributed by atoms with Crippen molar-refractivity contribution in [1.29, 1.82) is 0 Å². The lowest BCUT2D eigenvalue weighted by atomic mass is 10.3. The first-order chi connectivity index (χ1) is 9.24. The summed E-state index contributed by atoms with van der Waals surface area (Å²) in [6, 6.07) is 9.55. The van der Waals surface area contributed by atoms with Crippen LogP contribution >= 0.6 is 0 Å². The molecule has 2 rings (SSSR count). The first-order valence-corrected chi connectivity index (χ1v) is 6.31. The lowest BCUT2D eigenvalue weighted by Gasteiger charge is -2.12. The standard InChI is InChI=1S/C14H18N4O/c1-3-7-12-16-13(18-15)10(2)14(17-12)19-11-8-5-4-6-9-11/h4-6,8-9H,3,7,15H2,1-2H3,(H,16,17,18). The minimum Gasteiger partial charge on any atom is -0.439 e. The molecule has 0 spiro atoms. The van der Waals surface area contributed by atoms with Crippen molar-refractivity contribution in [3.63, 3.8) is 0 Å². The van der Waals surface area contributed by atoms with Gasteiger partial charge in [0.2, 0.25) is 5.88 Å². The lowest BCUT2D eigenvalue weighted by Crippen LogP contribution is -2.13. The Morgan fingerprint density at radius 1 is 1.21 bits per heavy atom. The highest BCUT2D eigenvalue weighted by Gasteiger charge is 2.11. The number of hydrogen-bond acceptors (Lipinski definition) is 5. The van der Waals surface area contributed by atoms with E-state index in [9.17, 15) is 0 Å². The number of nitrogens with one attached hydrogen (secondary N) is 1. The summed E-state index contributed by atoms with van der Waals surface area (Å²) in [6.45, 7) is 3.96. The minimum absolute atomic E-state index is 0.539. The van der Waals surface area contributed by atoms with Gasteiger partial charge in [-0.2, -0.15) is 4.98 Å². The van der Waals surface area contributed by atoms with Crippen LogP contribution in [0.5, 0.6) is 11.6 Å². The molecule has 1 heterocycles. The van der Waals surface area contributed by atoms with Crippen LogP contribution in [0, 0.1) is 6.92 Å². The van der Waals surface area contributed by atoms with E-state index < -0.39 is 0 Å². The molecule has 0 radical (unpaired) electrons. The van der Waals surface area contributed by atoms with E-state index in [4.69, 9.17) is 10.6 Å². The van der Waals surface area contributed by atoms with Crippen LogP contribution in [-0.4, -0.2) is 9.97 Å². The maximum Gasteiger partial charge on any atom is 0.227 e. The summed E-state index contributed by atoms with van der Waals surface area (Å²) in [7, 11) is 0. The summed E-state index contributed by atoms with van der Waals surface area (Å²) in [5.74, 6) is 8.10. The first kappa shape index (κ1) is 13.3. The number of benzene rings is 1. The second-order valence-electron chi connectivity index (χ2n) is 4.23. The van der Waals surface area contributed by atoms with Crippen molar-refractivity contribution in [1.82, 2.24) is 9.97 Å². The molecule has 19 heavy (non-hydrogen) atoms. The van der Waals surface area contributed by atoms with E-state index in [1.165, 1.54) is 0 Å². The molecule has 2 aromatic rings. The summed E-state index contributed by atoms with van der Waals surface area (Å²) in [4.78, 5) is 8.79. The van der Waals surface area contributed by atoms with Gasteiger partial charge in [-0.25, -0.2) is 10.8 Å². The maximum atomic E-state index is 5.79. The number of aryl methyl sites for hydroxylation is 1. The van der Waals surface area contributed by atoms with Crippen LogP contribution in [0.3, 0.4) is 0 Å². The Kier molecular flexibility index (Phi) is 4.30. The molecule has 5 nitrogen and oxygen atoms in total. The number of rotatable bonds is 5. The van der Waals surface area contributed by atoms with Gasteiger partial charge in [-0.3, -0.25) is 0 Å². The van der Waals surface area contributed by atoms with Crippen molar-refractivity contribution in [2.45, 2.75) is 26.7 Å². The number of ether oxygens (including phenoxy) is 1. The highest BCUT2D eigenvalue weighted by atomic mass is 16.5. The zero-order valence-corrected chi connectivity index (χ0v) is 11.2. The predicted octanol–water partition coefficient (Wildman–Crippen LogP) is 2.82. The highest BCUT2D eigenvalue weighted by Crippen LogP contribution is 2.26. The van der Waals surface area contributed by atoms with Gasteiger partial charge in [0.1, 0.15) is 17.4 Å². The van der Waals surface area contributed by atoms with Gasteiger partial charge >= 0.3 is 0 Å². The second kappa shape index (κ2) is 6.15. The Bertz CT molecular complexity index is 543. The summed E-state index contributed by atoms with van der Waals surface area (Å²) in [6.07, 6.45) is 1.76. The molecule has 0 aliphatic rings. The van der Waals surface area contributed by atoms with Gasteiger partial charge in [0.25, 0.3) is 0 Å². The topological polar surface area (TPSA) is 73.1 Å². The van der Waals surface area contributed by atoms with Gasteiger partial charge in [0.15, 0.2) is 0 Å². The summed E-state index contributed by atoms with van der Waals surface area (Å²) in [5.41, 5.74) is 3.39. The maximum absolute atomic E-state index is 5.79. The third-order valence-electron chi connectivity index (χ3n) is 2.72. The number of aromatic nitrogens is 2. The van der Waals surface area contributed by atoms with Crippen molar-refractivity contribution in [2.75, 3.05) is 5.43 Å². The molecular formula is C14H18N4O. The fourth-order valence-electron chi connectivity index (χ4n) is 1.72. The Hall–Kier alpha value is -2.14. The SMILES string of the molecule is CCCc1nc(NN)c(C)c(Oc2ccccc2)n1. The molecule has 0 unspecified atom stereocenters. The predicted molar refractivity (Wildman–Crippen MR) is 75.1 cm³/mol. The molecule has 0 saturated carbocycles. The smallest absolute Gasteiger partial charge is 0.227 e. The Balaban J connectivity index is 2.35. The van der Waals surface area contributed by atoms with Crippen LogP contribution in [-0.2, 0) is 6.42 Å². The zero-order chi connectivity index (χ0) is 13.7. The van der Waals surface area contributed by atoms with Gasteiger partial charge in [0, 0.05) is 6.42 Å².